The number of halogens is 3. The molecular weight excluding hydrogens is 363 g/mol. The fourth-order valence-corrected chi connectivity index (χ4v) is 2.57. The number of benzene rings is 1. The molecule has 0 spiro atoms. The highest BCUT2D eigenvalue weighted by Gasteiger charge is 2.31. The van der Waals surface area contributed by atoms with E-state index in [0.29, 0.717) is 30.8 Å². The van der Waals surface area contributed by atoms with Crippen molar-refractivity contribution in [3.8, 4) is 5.75 Å². The van der Waals surface area contributed by atoms with Crippen LogP contribution >= 0.6 is 0 Å². The molecule has 0 aliphatic heterocycles. The Bertz CT molecular complexity index is 766. The van der Waals surface area contributed by atoms with Crippen LogP contribution in [0.25, 0.3) is 0 Å². The van der Waals surface area contributed by atoms with E-state index >= 15 is 0 Å². The number of pyridine rings is 1. The Labute approximate surface area is 154 Å². The third-order valence-corrected chi connectivity index (χ3v) is 3.94. The predicted molar refractivity (Wildman–Crippen MR) is 93.6 cm³/mol. The maximum Gasteiger partial charge on any atom is 0.433 e. The minimum Gasteiger partial charge on any atom is -0.508 e. The first kappa shape index (κ1) is 20.5. The molecule has 1 heterocycles. The Balaban J connectivity index is 1.87. The summed E-state index contributed by atoms with van der Waals surface area (Å²) in [7, 11) is 0. The fraction of sp³-hybridized carbons (Fsp3) is 0.333. The van der Waals surface area contributed by atoms with Crippen molar-refractivity contribution >= 4 is 11.8 Å². The quantitative estimate of drug-likeness (QED) is 0.632. The number of nitrogens with zero attached hydrogens (tertiary/aromatic N) is 2. The smallest absolute Gasteiger partial charge is 0.433 e. The van der Waals surface area contributed by atoms with Crippen molar-refractivity contribution in [2.45, 2.75) is 32.1 Å². The number of nitrogens with one attached hydrogen (secondary N) is 1. The molecule has 2 rings (SSSR count). The van der Waals surface area contributed by atoms with Gasteiger partial charge >= 0.3 is 12.3 Å². The number of carboxylic acid groups (broad SMARTS) is 1. The fourth-order valence-electron chi connectivity index (χ4n) is 2.57. The molecule has 0 saturated heterocycles. The van der Waals surface area contributed by atoms with Crippen LogP contribution in [0.3, 0.4) is 0 Å². The number of alkyl halides is 3. The van der Waals surface area contributed by atoms with Crippen LogP contribution < -0.4 is 10.2 Å². The second kappa shape index (κ2) is 8.72. The van der Waals surface area contributed by atoms with Crippen molar-refractivity contribution < 1.29 is 28.2 Å². The van der Waals surface area contributed by atoms with Gasteiger partial charge in [-0.05, 0) is 43.7 Å². The van der Waals surface area contributed by atoms with Crippen molar-refractivity contribution in [1.82, 2.24) is 10.3 Å². The molecule has 0 radical (unpaired) electrons. The number of hydrogen-bond donors (Lipinski definition) is 3. The first-order chi connectivity index (χ1) is 12.7. The van der Waals surface area contributed by atoms with Gasteiger partial charge in [-0.3, -0.25) is 9.88 Å². The van der Waals surface area contributed by atoms with Crippen LogP contribution in [0.2, 0.25) is 0 Å². The lowest BCUT2D eigenvalue weighted by atomic mass is 10.1. The molecule has 0 saturated carbocycles. The summed E-state index contributed by atoms with van der Waals surface area (Å²) >= 11 is 0. The second-order valence-electron chi connectivity index (χ2n) is 6.04. The number of aromatic hydroxyl groups is 1. The van der Waals surface area contributed by atoms with E-state index in [1.165, 1.54) is 18.2 Å². The van der Waals surface area contributed by atoms with Crippen molar-refractivity contribution in [2.75, 3.05) is 11.4 Å². The Morgan fingerprint density at radius 2 is 2.04 bits per heavy atom. The van der Waals surface area contributed by atoms with Gasteiger partial charge in [-0.1, -0.05) is 12.1 Å². The van der Waals surface area contributed by atoms with Gasteiger partial charge in [0.05, 0.1) is 5.69 Å². The molecule has 1 amide bonds. The highest BCUT2D eigenvalue weighted by Crippen LogP contribution is 2.27. The normalized spacial score (nSPS) is 12.6. The van der Waals surface area contributed by atoms with Crippen LogP contribution in [0, 0.1) is 0 Å². The van der Waals surface area contributed by atoms with Gasteiger partial charge in [0.2, 0.25) is 0 Å². The lowest BCUT2D eigenvalue weighted by Gasteiger charge is -2.26. The molecule has 6 nitrogen and oxygen atoms in total. The summed E-state index contributed by atoms with van der Waals surface area (Å²) in [4.78, 5) is 16.1. The van der Waals surface area contributed by atoms with E-state index in [2.05, 4.69) is 10.3 Å². The first-order valence-electron chi connectivity index (χ1n) is 8.22. The highest BCUT2D eigenvalue weighted by molar-refractivity contribution is 5.86. The SMILES string of the molecule is C[C@@H](CCNCc1ccc(C(F)(F)F)nc1)N(C(=O)O)c1cccc(O)c1. The van der Waals surface area contributed by atoms with Gasteiger partial charge in [-0.25, -0.2) is 4.79 Å². The minimum absolute atomic E-state index is 0.0288. The zero-order valence-corrected chi connectivity index (χ0v) is 14.6. The molecule has 2 aromatic rings. The highest BCUT2D eigenvalue weighted by atomic mass is 19.4. The summed E-state index contributed by atoms with van der Waals surface area (Å²) in [6, 6.07) is 7.87. The molecule has 1 atom stereocenters. The second-order valence-corrected chi connectivity index (χ2v) is 6.04. The maximum absolute atomic E-state index is 12.5. The topological polar surface area (TPSA) is 85.7 Å². The molecule has 0 bridgehead atoms. The molecule has 9 heteroatoms. The van der Waals surface area contributed by atoms with E-state index in [0.717, 1.165) is 17.2 Å². The van der Waals surface area contributed by atoms with Gasteiger partial charge in [-0.2, -0.15) is 13.2 Å². The van der Waals surface area contributed by atoms with Crippen LogP contribution in [0.15, 0.2) is 42.6 Å². The number of anilines is 1. The van der Waals surface area contributed by atoms with Crippen molar-refractivity contribution in [1.29, 1.82) is 0 Å². The van der Waals surface area contributed by atoms with Gasteiger partial charge < -0.3 is 15.5 Å². The van der Waals surface area contributed by atoms with E-state index in [4.69, 9.17) is 0 Å². The van der Waals surface area contributed by atoms with Crippen LogP contribution in [0.1, 0.15) is 24.6 Å². The van der Waals surface area contributed by atoms with Crippen molar-refractivity contribution in [2.24, 2.45) is 0 Å². The van der Waals surface area contributed by atoms with Crippen molar-refractivity contribution in [3.63, 3.8) is 0 Å². The minimum atomic E-state index is -4.46. The third-order valence-electron chi connectivity index (χ3n) is 3.94. The monoisotopic (exact) mass is 383 g/mol. The number of hydrogen-bond acceptors (Lipinski definition) is 4. The Kier molecular flexibility index (Phi) is 6.62. The molecule has 0 aliphatic rings. The molecule has 1 aromatic carbocycles. The average Bonchev–Trinajstić information content (AvgIpc) is 2.58. The van der Waals surface area contributed by atoms with Crippen LogP contribution in [-0.4, -0.2) is 33.9 Å². The lowest BCUT2D eigenvalue weighted by molar-refractivity contribution is -0.141. The molecule has 146 valence electrons. The van der Waals surface area contributed by atoms with Crippen LogP contribution in [-0.2, 0) is 12.7 Å². The van der Waals surface area contributed by atoms with E-state index in [1.807, 2.05) is 0 Å². The van der Waals surface area contributed by atoms with Gasteiger partial charge in [0.25, 0.3) is 0 Å². The Hall–Kier alpha value is -2.81. The van der Waals surface area contributed by atoms with Crippen molar-refractivity contribution in [3.05, 3.63) is 53.9 Å². The number of carbonyl (C=O) groups is 1. The molecule has 3 N–H and O–H groups in total. The van der Waals surface area contributed by atoms with Crippen LogP contribution in [0.5, 0.6) is 5.75 Å². The summed E-state index contributed by atoms with van der Waals surface area (Å²) in [5, 5.41) is 22.0. The number of phenols is 1. The summed E-state index contributed by atoms with van der Waals surface area (Å²) in [5.41, 5.74) is 0.0174. The molecule has 0 unspecified atom stereocenters. The Morgan fingerprint density at radius 3 is 2.59 bits per heavy atom. The largest absolute Gasteiger partial charge is 0.508 e. The summed E-state index contributed by atoms with van der Waals surface area (Å²) in [6.45, 7) is 2.50. The summed E-state index contributed by atoms with van der Waals surface area (Å²) < 4.78 is 37.4. The molecule has 0 fully saturated rings. The standard InChI is InChI=1S/C18H20F3N3O3/c1-12(24(17(26)27)14-3-2-4-15(25)9-14)7-8-22-10-13-5-6-16(23-11-13)18(19,20)21/h2-6,9,11-12,22,25H,7-8,10H2,1H3,(H,26,27)/t12-/m0/s1. The zero-order valence-electron chi connectivity index (χ0n) is 14.6. The zero-order chi connectivity index (χ0) is 20.0. The van der Waals surface area contributed by atoms with E-state index in [-0.39, 0.29) is 11.8 Å². The maximum atomic E-state index is 12.5. The summed E-state index contributed by atoms with van der Waals surface area (Å²) in [5.74, 6) is -0.0288. The van der Waals surface area contributed by atoms with E-state index in [9.17, 15) is 28.2 Å². The van der Waals surface area contributed by atoms with E-state index in [1.54, 1.807) is 19.1 Å². The lowest BCUT2D eigenvalue weighted by Crippen LogP contribution is -2.39. The van der Waals surface area contributed by atoms with E-state index < -0.39 is 18.0 Å². The number of rotatable bonds is 7. The number of phenolic OH excluding ortho intramolecular Hbond substituents is 1. The number of aromatic nitrogens is 1. The van der Waals surface area contributed by atoms with Gasteiger partial charge in [0.15, 0.2) is 0 Å². The molecule has 0 aliphatic carbocycles. The Morgan fingerprint density at radius 1 is 1.30 bits per heavy atom. The predicted octanol–water partition coefficient (Wildman–Crippen LogP) is 3.86. The summed E-state index contributed by atoms with van der Waals surface area (Å²) in [6.07, 6.45) is -3.97. The average molecular weight is 383 g/mol. The first-order valence-corrected chi connectivity index (χ1v) is 8.22. The van der Waals surface area contributed by atoms with Crippen LogP contribution in [0.4, 0.5) is 23.7 Å². The third kappa shape index (κ3) is 5.85. The van der Waals surface area contributed by atoms with Gasteiger partial charge in [0.1, 0.15) is 11.4 Å². The molecular formula is C18H20F3N3O3. The van der Waals surface area contributed by atoms with Gasteiger partial charge in [0, 0.05) is 24.8 Å². The molecule has 27 heavy (non-hydrogen) atoms. The van der Waals surface area contributed by atoms with Gasteiger partial charge in [-0.15, -0.1) is 0 Å². The molecule has 1 aromatic heterocycles. The number of amides is 1.